The molecule has 1 saturated heterocycles. The van der Waals surface area contributed by atoms with Gasteiger partial charge >= 0.3 is 0 Å². The summed E-state index contributed by atoms with van der Waals surface area (Å²) in [5, 5.41) is 10.6. The van der Waals surface area contributed by atoms with E-state index in [0.29, 0.717) is 11.4 Å². The molecule has 1 aliphatic heterocycles. The summed E-state index contributed by atoms with van der Waals surface area (Å²) in [6.45, 7) is 0. The lowest BCUT2D eigenvalue weighted by atomic mass is 10.2. The molecule has 7 heteroatoms. The van der Waals surface area contributed by atoms with E-state index in [0.717, 1.165) is 0 Å². The van der Waals surface area contributed by atoms with E-state index in [4.69, 9.17) is 16.3 Å². The Morgan fingerprint density at radius 1 is 1.50 bits per heavy atom. The molecular formula is C9H10ClN3O3. The van der Waals surface area contributed by atoms with E-state index in [1.54, 1.807) is 12.1 Å². The molecule has 2 rings (SSSR count). The highest BCUT2D eigenvalue weighted by atomic mass is 35.5. The fourth-order valence-electron chi connectivity index (χ4n) is 1.44. The van der Waals surface area contributed by atoms with Crippen LogP contribution in [0.4, 0.5) is 5.69 Å². The predicted octanol–water partition coefficient (Wildman–Crippen LogP) is 1.28. The number of hydrogen-bond donors (Lipinski definition) is 2. The van der Waals surface area contributed by atoms with Crippen molar-refractivity contribution in [2.75, 3.05) is 5.88 Å². The normalized spacial score (nSPS) is 24.6. The largest absolute Gasteiger partial charge is 0.337 e. The highest BCUT2D eigenvalue weighted by molar-refractivity contribution is 6.18. The smallest absolute Gasteiger partial charge is 0.269 e. The van der Waals surface area contributed by atoms with Crippen molar-refractivity contribution < 1.29 is 9.66 Å². The van der Waals surface area contributed by atoms with E-state index in [9.17, 15) is 10.1 Å². The summed E-state index contributed by atoms with van der Waals surface area (Å²) >= 11 is 5.61. The minimum atomic E-state index is -0.440. The van der Waals surface area contributed by atoms with Gasteiger partial charge in [0.05, 0.1) is 10.8 Å². The van der Waals surface area contributed by atoms with Crippen molar-refractivity contribution in [2.45, 2.75) is 12.5 Å². The van der Waals surface area contributed by atoms with Crippen molar-refractivity contribution in [1.82, 2.24) is 10.9 Å². The topological polar surface area (TPSA) is 76.4 Å². The number of nitro benzene ring substituents is 1. The Morgan fingerprint density at radius 2 is 2.31 bits per heavy atom. The molecule has 1 aromatic carbocycles. The van der Waals surface area contributed by atoms with Crippen LogP contribution in [0.2, 0.25) is 0 Å². The van der Waals surface area contributed by atoms with E-state index < -0.39 is 11.2 Å². The minimum absolute atomic E-state index is 0.0391. The molecule has 16 heavy (non-hydrogen) atoms. The summed E-state index contributed by atoms with van der Waals surface area (Å²) in [4.78, 5) is 10.2. The number of benzene rings is 1. The van der Waals surface area contributed by atoms with Crippen LogP contribution in [0.25, 0.3) is 0 Å². The summed E-state index contributed by atoms with van der Waals surface area (Å²) in [6.07, 6.45) is -0.699. The molecule has 1 heterocycles. The Hall–Kier alpha value is -1.21. The monoisotopic (exact) mass is 243 g/mol. The van der Waals surface area contributed by atoms with Crippen molar-refractivity contribution in [3.63, 3.8) is 0 Å². The first kappa shape index (κ1) is 11.3. The Kier molecular flexibility index (Phi) is 3.35. The van der Waals surface area contributed by atoms with E-state index in [1.165, 1.54) is 12.1 Å². The summed E-state index contributed by atoms with van der Waals surface area (Å²) in [5.41, 5.74) is 6.42. The van der Waals surface area contributed by atoms with Crippen LogP contribution in [0.3, 0.4) is 0 Å². The van der Waals surface area contributed by atoms with Crippen molar-refractivity contribution in [3.05, 3.63) is 39.9 Å². The number of hydrazine groups is 1. The zero-order valence-corrected chi connectivity index (χ0v) is 8.98. The number of rotatable bonds is 3. The lowest BCUT2D eigenvalue weighted by Crippen LogP contribution is -2.31. The standard InChI is InChI=1S/C9H10ClN3O3/c10-5-8-11-12-9(16-8)6-2-1-3-7(4-6)13(14)15/h1-4,8-9,11-12H,5H2. The number of ether oxygens (including phenoxy) is 1. The quantitative estimate of drug-likeness (QED) is 0.475. The van der Waals surface area contributed by atoms with Crippen LogP contribution in [0, 0.1) is 10.1 Å². The zero-order chi connectivity index (χ0) is 11.5. The number of non-ortho nitro benzene ring substituents is 1. The molecule has 2 unspecified atom stereocenters. The van der Waals surface area contributed by atoms with Crippen molar-refractivity contribution in [2.24, 2.45) is 0 Å². The van der Waals surface area contributed by atoms with Crippen LogP contribution >= 0.6 is 11.6 Å². The number of nitrogens with one attached hydrogen (secondary N) is 2. The van der Waals surface area contributed by atoms with Gasteiger partial charge in [0.25, 0.3) is 5.69 Å². The van der Waals surface area contributed by atoms with Gasteiger partial charge in [0.2, 0.25) is 0 Å². The maximum absolute atomic E-state index is 10.6. The first-order chi connectivity index (χ1) is 7.70. The molecule has 0 amide bonds. The number of hydrogen-bond acceptors (Lipinski definition) is 5. The third-order valence-electron chi connectivity index (χ3n) is 2.20. The maximum Gasteiger partial charge on any atom is 0.269 e. The second-order valence-electron chi connectivity index (χ2n) is 3.30. The molecule has 0 saturated carbocycles. The van der Waals surface area contributed by atoms with E-state index in [-0.39, 0.29) is 11.9 Å². The first-order valence-electron chi connectivity index (χ1n) is 4.67. The van der Waals surface area contributed by atoms with Crippen LogP contribution in [-0.2, 0) is 4.74 Å². The lowest BCUT2D eigenvalue weighted by Gasteiger charge is -2.09. The average Bonchev–Trinajstić information content (AvgIpc) is 2.77. The molecule has 0 aromatic heterocycles. The molecule has 1 aliphatic rings. The first-order valence-corrected chi connectivity index (χ1v) is 5.21. The summed E-state index contributed by atoms with van der Waals surface area (Å²) in [6, 6.07) is 6.27. The second kappa shape index (κ2) is 4.75. The van der Waals surface area contributed by atoms with Crippen LogP contribution < -0.4 is 10.9 Å². The zero-order valence-electron chi connectivity index (χ0n) is 8.22. The van der Waals surface area contributed by atoms with Crippen LogP contribution in [0.5, 0.6) is 0 Å². The predicted molar refractivity (Wildman–Crippen MR) is 57.7 cm³/mol. The summed E-state index contributed by atoms with van der Waals surface area (Å²) in [5.74, 6) is 0.304. The van der Waals surface area contributed by atoms with Crippen LogP contribution in [0.1, 0.15) is 11.8 Å². The molecule has 0 aliphatic carbocycles. The van der Waals surface area contributed by atoms with E-state index in [2.05, 4.69) is 10.9 Å². The molecule has 86 valence electrons. The fraction of sp³-hybridized carbons (Fsp3) is 0.333. The summed E-state index contributed by atoms with van der Waals surface area (Å²) < 4.78 is 5.45. The number of nitrogens with zero attached hydrogens (tertiary/aromatic N) is 1. The van der Waals surface area contributed by atoms with Gasteiger partial charge in [-0.1, -0.05) is 12.1 Å². The van der Waals surface area contributed by atoms with Gasteiger partial charge in [0.1, 0.15) is 12.5 Å². The van der Waals surface area contributed by atoms with E-state index in [1.807, 2.05) is 0 Å². The van der Waals surface area contributed by atoms with Gasteiger partial charge in [-0.05, 0) is 0 Å². The van der Waals surface area contributed by atoms with Gasteiger partial charge in [0, 0.05) is 17.7 Å². The van der Waals surface area contributed by atoms with Gasteiger partial charge in [-0.2, -0.15) is 0 Å². The average molecular weight is 244 g/mol. The SMILES string of the molecule is O=[N+]([O-])c1cccc(C2NNC(CCl)O2)c1. The van der Waals surface area contributed by atoms with Gasteiger partial charge in [-0.15, -0.1) is 11.6 Å². The molecule has 6 nitrogen and oxygen atoms in total. The molecule has 2 N–H and O–H groups in total. The second-order valence-corrected chi connectivity index (χ2v) is 3.61. The maximum atomic E-state index is 10.6. The minimum Gasteiger partial charge on any atom is -0.337 e. The van der Waals surface area contributed by atoms with Crippen molar-refractivity contribution >= 4 is 17.3 Å². The Labute approximate surface area is 96.7 Å². The summed E-state index contributed by atoms with van der Waals surface area (Å²) in [7, 11) is 0. The van der Waals surface area contributed by atoms with Gasteiger partial charge in [-0.3, -0.25) is 10.1 Å². The van der Waals surface area contributed by atoms with Crippen LogP contribution in [0.15, 0.2) is 24.3 Å². The Balaban J connectivity index is 2.15. The van der Waals surface area contributed by atoms with E-state index >= 15 is 0 Å². The van der Waals surface area contributed by atoms with Gasteiger partial charge < -0.3 is 4.74 Å². The fourth-order valence-corrected chi connectivity index (χ4v) is 1.59. The van der Waals surface area contributed by atoms with Crippen LogP contribution in [-0.4, -0.2) is 17.0 Å². The third-order valence-corrected chi connectivity index (χ3v) is 2.48. The number of alkyl halides is 1. The van der Waals surface area contributed by atoms with Crippen molar-refractivity contribution in [3.8, 4) is 0 Å². The lowest BCUT2D eigenvalue weighted by molar-refractivity contribution is -0.385. The third kappa shape index (κ3) is 2.30. The highest BCUT2D eigenvalue weighted by Crippen LogP contribution is 2.23. The molecule has 0 spiro atoms. The molecular weight excluding hydrogens is 234 g/mol. The molecule has 1 aromatic rings. The molecule has 0 radical (unpaired) electrons. The molecule has 1 fully saturated rings. The Bertz CT molecular complexity index is 401. The highest BCUT2D eigenvalue weighted by Gasteiger charge is 2.25. The van der Waals surface area contributed by atoms with Gasteiger partial charge in [0.15, 0.2) is 0 Å². The van der Waals surface area contributed by atoms with Crippen molar-refractivity contribution in [1.29, 1.82) is 0 Å². The number of nitro groups is 1. The Morgan fingerprint density at radius 3 is 2.94 bits per heavy atom. The number of halogens is 1. The molecule has 2 atom stereocenters. The molecule has 0 bridgehead atoms. The van der Waals surface area contributed by atoms with Gasteiger partial charge in [-0.25, -0.2) is 10.9 Å².